The molecule has 6 heteroatoms. The van der Waals surface area contributed by atoms with Crippen LogP contribution in [0, 0.1) is 6.92 Å². The number of aliphatic imine (C=N–C) groups is 1. The number of rotatable bonds is 8. The molecule has 0 bridgehead atoms. The zero-order chi connectivity index (χ0) is 19.7. The van der Waals surface area contributed by atoms with Crippen LogP contribution in [0.15, 0.2) is 29.3 Å². The van der Waals surface area contributed by atoms with E-state index >= 15 is 0 Å². The minimum atomic E-state index is 0.162. The number of aryl methyl sites for hydroxylation is 1. The van der Waals surface area contributed by atoms with Gasteiger partial charge in [-0.15, -0.1) is 0 Å². The maximum Gasteiger partial charge on any atom is 0.191 e. The summed E-state index contributed by atoms with van der Waals surface area (Å²) in [7, 11) is 0. The first-order valence-electron chi connectivity index (χ1n) is 10.8. The molecular formula is C22H36N4O2. The topological polar surface area (TPSA) is 58.1 Å². The minimum Gasteiger partial charge on any atom is -0.492 e. The predicted octanol–water partition coefficient (Wildman–Crippen LogP) is 2.57. The van der Waals surface area contributed by atoms with Gasteiger partial charge in [-0.3, -0.25) is 9.89 Å². The number of guanidine groups is 1. The summed E-state index contributed by atoms with van der Waals surface area (Å²) in [5, 5.41) is 6.78. The maximum absolute atomic E-state index is 5.82. The predicted molar refractivity (Wildman–Crippen MR) is 114 cm³/mol. The summed E-state index contributed by atoms with van der Waals surface area (Å²) < 4.78 is 11.5. The largest absolute Gasteiger partial charge is 0.492 e. The molecule has 156 valence electrons. The summed E-state index contributed by atoms with van der Waals surface area (Å²) in [6.07, 6.45) is 4.76. The number of hydrogen-bond acceptors (Lipinski definition) is 4. The molecule has 0 amide bonds. The summed E-state index contributed by atoms with van der Waals surface area (Å²) in [5.74, 6) is 1.78. The summed E-state index contributed by atoms with van der Waals surface area (Å²) in [6, 6.07) is 8.17. The van der Waals surface area contributed by atoms with E-state index in [1.165, 1.54) is 31.5 Å². The van der Waals surface area contributed by atoms with E-state index in [0.29, 0.717) is 6.61 Å². The molecule has 0 atom stereocenters. The number of hydrogen-bond donors (Lipinski definition) is 2. The van der Waals surface area contributed by atoms with Crippen molar-refractivity contribution >= 4 is 5.96 Å². The van der Waals surface area contributed by atoms with Crippen LogP contribution in [0.1, 0.15) is 38.2 Å². The second-order valence-electron chi connectivity index (χ2n) is 7.81. The fraction of sp³-hybridized carbons (Fsp3) is 0.682. The molecule has 1 aromatic carbocycles. The normalized spacial score (nSPS) is 20.1. The van der Waals surface area contributed by atoms with E-state index in [-0.39, 0.29) is 5.54 Å². The summed E-state index contributed by atoms with van der Waals surface area (Å²) in [5.41, 5.74) is 1.40. The maximum atomic E-state index is 5.82. The van der Waals surface area contributed by atoms with Crippen LogP contribution in [0.25, 0.3) is 0 Å². The molecule has 0 aromatic heterocycles. The van der Waals surface area contributed by atoms with Crippen molar-refractivity contribution in [3.05, 3.63) is 29.8 Å². The van der Waals surface area contributed by atoms with Crippen molar-refractivity contribution in [2.75, 3.05) is 52.5 Å². The molecule has 6 nitrogen and oxygen atoms in total. The Bertz CT molecular complexity index is 605. The van der Waals surface area contributed by atoms with Crippen LogP contribution in [0.5, 0.6) is 5.75 Å². The van der Waals surface area contributed by atoms with Crippen LogP contribution in [0.2, 0.25) is 0 Å². The van der Waals surface area contributed by atoms with Gasteiger partial charge in [0.2, 0.25) is 0 Å². The Hall–Kier alpha value is -1.79. The van der Waals surface area contributed by atoms with Gasteiger partial charge in [-0.05, 0) is 64.8 Å². The van der Waals surface area contributed by atoms with Gasteiger partial charge in [0.1, 0.15) is 12.4 Å². The van der Waals surface area contributed by atoms with Gasteiger partial charge in [-0.2, -0.15) is 0 Å². The molecule has 2 fully saturated rings. The molecule has 0 saturated carbocycles. The highest BCUT2D eigenvalue weighted by molar-refractivity contribution is 5.79. The Balaban J connectivity index is 1.52. The first kappa shape index (κ1) is 20.9. The van der Waals surface area contributed by atoms with E-state index in [4.69, 9.17) is 14.5 Å². The number of likely N-dealkylation sites (tertiary alicyclic amines) is 1. The van der Waals surface area contributed by atoms with E-state index in [2.05, 4.69) is 41.5 Å². The third-order valence-electron chi connectivity index (χ3n) is 5.76. The SMILES string of the molecule is CCNC(=NCC1(N2CCCC2)CCOCC1)NCCOc1ccc(C)cc1. The monoisotopic (exact) mass is 388 g/mol. The molecule has 1 aromatic rings. The van der Waals surface area contributed by atoms with Crippen LogP contribution in [-0.4, -0.2) is 68.9 Å². The second-order valence-corrected chi connectivity index (χ2v) is 7.81. The Morgan fingerprint density at radius 3 is 2.54 bits per heavy atom. The van der Waals surface area contributed by atoms with Gasteiger partial charge in [0.25, 0.3) is 0 Å². The smallest absolute Gasteiger partial charge is 0.191 e. The van der Waals surface area contributed by atoms with Gasteiger partial charge in [0, 0.05) is 25.3 Å². The van der Waals surface area contributed by atoms with E-state index in [0.717, 1.165) is 57.4 Å². The van der Waals surface area contributed by atoms with Crippen molar-refractivity contribution in [3.63, 3.8) is 0 Å². The molecule has 0 unspecified atom stereocenters. The van der Waals surface area contributed by atoms with Crippen LogP contribution >= 0.6 is 0 Å². The number of ether oxygens (including phenoxy) is 2. The van der Waals surface area contributed by atoms with Gasteiger partial charge in [-0.1, -0.05) is 17.7 Å². The van der Waals surface area contributed by atoms with E-state index in [1.54, 1.807) is 0 Å². The molecule has 0 radical (unpaired) electrons. The molecular weight excluding hydrogens is 352 g/mol. The minimum absolute atomic E-state index is 0.162. The molecule has 28 heavy (non-hydrogen) atoms. The number of nitrogens with zero attached hydrogens (tertiary/aromatic N) is 2. The van der Waals surface area contributed by atoms with Gasteiger partial charge >= 0.3 is 0 Å². The quantitative estimate of drug-likeness (QED) is 0.407. The molecule has 2 aliphatic rings. The van der Waals surface area contributed by atoms with E-state index < -0.39 is 0 Å². The van der Waals surface area contributed by atoms with Crippen LogP contribution in [-0.2, 0) is 4.74 Å². The Kier molecular flexibility index (Phi) is 7.98. The zero-order valence-electron chi connectivity index (χ0n) is 17.5. The van der Waals surface area contributed by atoms with Crippen molar-refractivity contribution in [1.82, 2.24) is 15.5 Å². The molecule has 3 rings (SSSR count). The molecule has 2 N–H and O–H groups in total. The number of benzene rings is 1. The molecule has 2 heterocycles. The van der Waals surface area contributed by atoms with Crippen molar-refractivity contribution < 1.29 is 9.47 Å². The van der Waals surface area contributed by atoms with E-state index in [9.17, 15) is 0 Å². The van der Waals surface area contributed by atoms with Crippen molar-refractivity contribution in [2.45, 2.75) is 45.1 Å². The standard InChI is InChI=1S/C22H36N4O2/c1-3-23-21(24-12-17-28-20-8-6-19(2)7-9-20)25-18-22(10-15-27-16-11-22)26-13-4-5-14-26/h6-9H,3-5,10-18H2,1-2H3,(H2,23,24,25). The lowest BCUT2D eigenvalue weighted by Crippen LogP contribution is -2.54. The van der Waals surface area contributed by atoms with Crippen molar-refractivity contribution in [1.29, 1.82) is 0 Å². The van der Waals surface area contributed by atoms with Crippen molar-refractivity contribution in [2.24, 2.45) is 4.99 Å². The summed E-state index contributed by atoms with van der Waals surface area (Å²) >= 11 is 0. The highest BCUT2D eigenvalue weighted by atomic mass is 16.5. The molecule has 0 spiro atoms. The fourth-order valence-corrected chi connectivity index (χ4v) is 4.06. The summed E-state index contributed by atoms with van der Waals surface area (Å²) in [4.78, 5) is 7.61. The fourth-order valence-electron chi connectivity index (χ4n) is 4.06. The Labute approximate surface area is 169 Å². The highest BCUT2D eigenvalue weighted by Crippen LogP contribution is 2.31. The highest BCUT2D eigenvalue weighted by Gasteiger charge is 2.39. The zero-order valence-corrected chi connectivity index (χ0v) is 17.5. The molecule has 0 aliphatic carbocycles. The first-order chi connectivity index (χ1) is 13.7. The third kappa shape index (κ3) is 5.85. The van der Waals surface area contributed by atoms with E-state index in [1.807, 2.05) is 12.1 Å². The summed E-state index contributed by atoms with van der Waals surface area (Å²) in [6.45, 7) is 11.3. The first-order valence-corrected chi connectivity index (χ1v) is 10.8. The Morgan fingerprint density at radius 2 is 1.86 bits per heavy atom. The van der Waals surface area contributed by atoms with Crippen LogP contribution in [0.3, 0.4) is 0 Å². The molecule has 2 aliphatic heterocycles. The Morgan fingerprint density at radius 1 is 1.14 bits per heavy atom. The van der Waals surface area contributed by atoms with Crippen LogP contribution < -0.4 is 15.4 Å². The lowest BCUT2D eigenvalue weighted by atomic mass is 9.88. The van der Waals surface area contributed by atoms with Gasteiger partial charge in [0.15, 0.2) is 5.96 Å². The van der Waals surface area contributed by atoms with Crippen LogP contribution in [0.4, 0.5) is 0 Å². The lowest BCUT2D eigenvalue weighted by Gasteiger charge is -2.43. The lowest BCUT2D eigenvalue weighted by molar-refractivity contribution is -0.0139. The van der Waals surface area contributed by atoms with Gasteiger partial charge in [-0.25, -0.2) is 0 Å². The third-order valence-corrected chi connectivity index (χ3v) is 5.76. The van der Waals surface area contributed by atoms with Crippen molar-refractivity contribution in [3.8, 4) is 5.75 Å². The van der Waals surface area contributed by atoms with Gasteiger partial charge < -0.3 is 20.1 Å². The second kappa shape index (κ2) is 10.7. The number of nitrogens with one attached hydrogen (secondary N) is 2. The van der Waals surface area contributed by atoms with Gasteiger partial charge in [0.05, 0.1) is 13.1 Å². The average molecular weight is 389 g/mol. The molecule has 2 saturated heterocycles. The average Bonchev–Trinajstić information content (AvgIpc) is 3.27.